The Balaban J connectivity index is -0.0000000773. The number of halogens is 2. The van der Waals surface area contributed by atoms with Gasteiger partial charge in [-0.05, 0) is 90.8 Å². The molecule has 4 fully saturated rings. The maximum Gasteiger partial charge on any atom is 0.338 e. The second kappa shape index (κ2) is 61.9. The van der Waals surface area contributed by atoms with Crippen molar-refractivity contribution < 1.29 is 67.6 Å². The van der Waals surface area contributed by atoms with E-state index in [2.05, 4.69) is 178 Å². The highest BCUT2D eigenvalue weighted by Crippen LogP contribution is 2.49. The highest BCUT2D eigenvalue weighted by Gasteiger charge is 2.41. The van der Waals surface area contributed by atoms with Gasteiger partial charge in [-0.1, -0.05) is 250 Å². The molecule has 5 rings (SSSR count). The third-order valence-corrected chi connectivity index (χ3v) is 18.6. The van der Waals surface area contributed by atoms with E-state index in [1.165, 1.54) is 21.8 Å². The van der Waals surface area contributed by atoms with E-state index in [9.17, 15) is 47.9 Å². The van der Waals surface area contributed by atoms with Crippen LogP contribution in [0.25, 0.3) is 0 Å². The Kier molecular flexibility index (Phi) is 79.8. The van der Waals surface area contributed by atoms with Gasteiger partial charge in [0.1, 0.15) is 7.57 Å². The van der Waals surface area contributed by atoms with Crippen molar-refractivity contribution in [2.45, 2.75) is 288 Å². The molecule has 26 heteroatoms. The molecule has 0 aromatic heterocycles. The smallest absolute Gasteiger partial charge is 0.338 e. The summed E-state index contributed by atoms with van der Waals surface area (Å²) in [6.45, 7) is 52.6. The van der Waals surface area contributed by atoms with Crippen molar-refractivity contribution in [3.8, 4) is 0 Å². The first-order valence-electron chi connectivity index (χ1n) is 30.4. The fraction of sp³-hybridized carbons (Fsp3) is 0.763. The molecule has 6 unspecified atom stereocenters. The summed E-state index contributed by atoms with van der Waals surface area (Å²) in [6.07, 6.45) is 10.5. The van der Waals surface area contributed by atoms with Crippen molar-refractivity contribution in [3.05, 3.63) is 48.6 Å². The van der Waals surface area contributed by atoms with Gasteiger partial charge in [0.05, 0.1) is 36.0 Å². The molecule has 0 saturated carbocycles. The van der Waals surface area contributed by atoms with E-state index < -0.39 is 29.3 Å². The molecule has 20 nitrogen and oxygen atoms in total. The van der Waals surface area contributed by atoms with Gasteiger partial charge in [0.15, 0.2) is 0 Å². The maximum absolute atomic E-state index is 12.1. The first-order chi connectivity index (χ1) is 40.7. The summed E-state index contributed by atoms with van der Waals surface area (Å²) in [7, 11) is 6.14. The van der Waals surface area contributed by atoms with Gasteiger partial charge in [0.2, 0.25) is 28.5 Å². The van der Waals surface area contributed by atoms with Crippen LogP contribution in [0, 0.1) is 44.3 Å². The van der Waals surface area contributed by atoms with E-state index in [4.69, 9.17) is 19.0 Å². The zero-order valence-corrected chi connectivity index (χ0v) is 63.2. The van der Waals surface area contributed by atoms with Crippen molar-refractivity contribution in [2.24, 2.45) is 55.8 Å². The third-order valence-electron chi connectivity index (χ3n) is 13.5. The molecule has 0 bridgehead atoms. The second-order valence-corrected chi connectivity index (χ2v) is 37.3. The zero-order valence-electron chi connectivity index (χ0n) is 56.9. The summed E-state index contributed by atoms with van der Waals surface area (Å²) in [4.78, 5) is 117. The molecule has 102 heavy (non-hydrogen) atoms. The molecule has 8 N–H and O–H groups in total. The van der Waals surface area contributed by atoms with Gasteiger partial charge in [0, 0.05) is 77.4 Å². The number of nitrogens with two attached hydrogens (primary N) is 2. The Morgan fingerprint density at radius 1 is 0.539 bits per heavy atom. The second-order valence-electron chi connectivity index (χ2n) is 29.5. The molecule has 5 aliphatic heterocycles. The minimum Gasteiger partial charge on any atom is -0.412 e. The number of carbonyl (C=O) groups is 10. The van der Waals surface area contributed by atoms with Crippen molar-refractivity contribution >= 4 is 130 Å². The minimum atomic E-state index is -0.986. The molecule has 3 radical (unpaired) electrons. The summed E-state index contributed by atoms with van der Waals surface area (Å²) in [5.41, 5.74) is 13.8. The molecule has 605 valence electrons. The number of imide groups is 2. The monoisotopic (exact) mass is 1720 g/mol. The number of hydrogen-bond acceptors (Lipinski definition) is 17. The fourth-order valence-corrected chi connectivity index (χ4v) is 16.2. The van der Waals surface area contributed by atoms with Crippen LogP contribution in [0.4, 0.5) is 0 Å². The van der Waals surface area contributed by atoms with Gasteiger partial charge in [-0.15, -0.1) is 15.0 Å². The first kappa shape index (κ1) is 132. The van der Waals surface area contributed by atoms with Crippen LogP contribution in [0.1, 0.15) is 277 Å². The first-order valence-corrected chi connectivity index (χ1v) is 37.1. The molecule has 0 aromatic rings. The van der Waals surface area contributed by atoms with Crippen LogP contribution in [0.2, 0.25) is 0 Å². The molecule has 0 spiro atoms. The van der Waals surface area contributed by atoms with Crippen molar-refractivity contribution in [3.63, 3.8) is 0 Å². The lowest BCUT2D eigenvalue weighted by atomic mass is 9.72. The van der Waals surface area contributed by atoms with Crippen LogP contribution in [0.5, 0.6) is 0 Å². The molecule has 0 aromatic carbocycles. The zero-order chi connectivity index (χ0) is 69.1. The Hall–Kier alpha value is -3.09. The van der Waals surface area contributed by atoms with Gasteiger partial charge in [-0.3, -0.25) is 48.2 Å². The van der Waals surface area contributed by atoms with E-state index in [0.717, 1.165) is 68.5 Å². The van der Waals surface area contributed by atoms with Gasteiger partial charge in [0.25, 0.3) is 0 Å². The number of rotatable bonds is 26. The number of hydrogen-bond donors (Lipinski definition) is 4. The summed E-state index contributed by atoms with van der Waals surface area (Å²) in [6, 6.07) is 0. The molecule has 4 amide bonds. The average molecular weight is 1720 g/mol. The standard InChI is InChI=1S/2C16H26O3.C12H16B2I2N3O4P2.C12H24.C4H13N3.C4H2O3.12CH4.H2O/c2*1-11(7-12-8-13(17)19-14(12)18)9-16(5,6)10-15(2,3)4;13-25(16)8-6-10(21)19(12(8)23)4-2-17-1-3-18-9(20)5-7(11(18)22)24-14-15;1-10(2)8-12(6,7)9-11(3,4)5;5-1-3-7-4-2-6;5-3-1-2-4(6)7-3;;;;;;;;;;;;;/h2*12H,1,7-10H2,2-6H3;7-8,17,24H,1-6H2;1,8-9H2,2-7H3;7H,1-6H2;1-2H;12*1H4;1H2. The Morgan fingerprint density at radius 2 is 0.853 bits per heavy atom. The van der Waals surface area contributed by atoms with Crippen LogP contribution in [-0.2, 0) is 62.2 Å². The lowest BCUT2D eigenvalue weighted by molar-refractivity contribution is -0.154. The molecule has 5 heterocycles. The minimum absolute atomic E-state index is 0. The Labute approximate surface area is 658 Å². The lowest BCUT2D eigenvalue weighted by Gasteiger charge is -2.33. The van der Waals surface area contributed by atoms with E-state index in [1.54, 1.807) is 0 Å². The number of nitrogens with zero attached hydrogens (tertiary/aromatic N) is 2. The summed E-state index contributed by atoms with van der Waals surface area (Å²) < 4.78 is 13.1. The summed E-state index contributed by atoms with van der Waals surface area (Å²) in [5, 5.41) is 6.12. The number of amides is 4. The number of cyclic esters (lactones) is 6. The average Bonchev–Trinajstić information content (AvgIpc) is 1.67. The van der Waals surface area contributed by atoms with Crippen LogP contribution < -0.4 is 22.1 Å². The molecule has 5 aliphatic rings. The van der Waals surface area contributed by atoms with Gasteiger partial charge < -0.3 is 41.8 Å². The predicted octanol–water partition coefficient (Wildman–Crippen LogP) is 17.5. The maximum atomic E-state index is 12.1. The summed E-state index contributed by atoms with van der Waals surface area (Å²) in [5.74, 6) is -3.99. The topological polar surface area (TPSA) is 312 Å². The number of nitrogens with one attached hydrogen (secondary N) is 2. The number of esters is 6. The highest BCUT2D eigenvalue weighted by atomic mass is 127. The SMILES string of the molecule is C.C.C.C.C.C.C.C.C.C.C.C.C=C(C)CC(C)(C)CC(C)(C)C.C=C(CC1CC(=O)OC1=O)CC(C)(C)CC(C)(C)C.C=C(CC1CC(=O)OC1=O)CC(C)(C)CC(C)(C)C.NCCNCCN.O.O=C1C=CC(=O)O1.[B]P(I)C1CC(=O)N(CCNCCN2C(=O)CC(P[B]I)C2=O)C1=O. The lowest BCUT2D eigenvalue weighted by Crippen LogP contribution is -2.41. The molecule has 0 aliphatic carbocycles. The van der Waals surface area contributed by atoms with Gasteiger partial charge >= 0.3 is 35.8 Å². The van der Waals surface area contributed by atoms with Crippen molar-refractivity contribution in [1.82, 2.24) is 20.4 Å². The largest absolute Gasteiger partial charge is 0.412 e. The van der Waals surface area contributed by atoms with Crippen LogP contribution in [-0.4, -0.2) is 151 Å². The quantitative estimate of drug-likeness (QED) is 0.00720. The van der Waals surface area contributed by atoms with E-state index in [0.29, 0.717) is 64.9 Å². The van der Waals surface area contributed by atoms with Crippen molar-refractivity contribution in [1.29, 1.82) is 0 Å². The predicted molar refractivity (Wildman–Crippen MR) is 462 cm³/mol. The molecule has 4 saturated heterocycles. The summed E-state index contributed by atoms with van der Waals surface area (Å²) >= 11 is 4.11. The van der Waals surface area contributed by atoms with Crippen LogP contribution >= 0.6 is 58.3 Å². The van der Waals surface area contributed by atoms with Gasteiger partial charge in [-0.2, -0.15) is 22.4 Å². The molecular formula is C76H157B2I2N6O14P2. The molecular weight excluding hydrogens is 1560 g/mol. The highest BCUT2D eigenvalue weighted by molar-refractivity contribution is 14.2. The Bertz CT molecular complexity index is 2400. The molecule has 6 atom stereocenters. The van der Waals surface area contributed by atoms with Crippen molar-refractivity contribution in [2.75, 3.05) is 52.4 Å². The third kappa shape index (κ3) is 60.0. The van der Waals surface area contributed by atoms with Crippen LogP contribution in [0.3, 0.4) is 0 Å². The number of allylic oxidation sites excluding steroid dienone is 3. The van der Waals surface area contributed by atoms with E-state index in [-0.39, 0.29) is 207 Å². The van der Waals surface area contributed by atoms with Gasteiger partial charge in [-0.25, -0.2) is 9.59 Å². The number of likely N-dealkylation sites (tertiary alicyclic amines) is 2. The Morgan fingerprint density at radius 3 is 1.11 bits per heavy atom. The van der Waals surface area contributed by atoms with E-state index in [1.807, 2.05) is 26.9 Å². The van der Waals surface area contributed by atoms with Crippen LogP contribution in [0.15, 0.2) is 48.6 Å². The normalized spacial score (nSPS) is 17.4. The fourth-order valence-electron chi connectivity index (χ4n) is 12.2. The number of carbonyl (C=O) groups excluding carboxylic acids is 10. The van der Waals surface area contributed by atoms with E-state index >= 15 is 0 Å². The number of ether oxygens (including phenoxy) is 3.